The highest BCUT2D eigenvalue weighted by atomic mass is 16.5. The molecule has 5 heteroatoms. The average Bonchev–Trinajstić information content (AvgIpc) is 2.72. The molecule has 1 unspecified atom stereocenters. The maximum Gasteiger partial charge on any atom is 0.182 e. The van der Waals surface area contributed by atoms with Crippen LogP contribution in [-0.2, 0) is 4.79 Å². The summed E-state index contributed by atoms with van der Waals surface area (Å²) in [6, 6.07) is 11.9. The first-order chi connectivity index (χ1) is 13.9. The van der Waals surface area contributed by atoms with Crippen molar-refractivity contribution in [1.29, 1.82) is 0 Å². The molecule has 0 aliphatic heterocycles. The number of aliphatic hydroxyl groups excluding tert-OH is 1. The molecule has 0 saturated carbocycles. The van der Waals surface area contributed by atoms with Crippen molar-refractivity contribution in [3.63, 3.8) is 0 Å². The fourth-order valence-corrected chi connectivity index (χ4v) is 2.37. The molecule has 0 radical (unpaired) electrons. The summed E-state index contributed by atoms with van der Waals surface area (Å²) in [4.78, 5) is 11.9. The number of aliphatic hydroxyl groups is 1. The Morgan fingerprint density at radius 2 is 1.69 bits per heavy atom. The van der Waals surface area contributed by atoms with Gasteiger partial charge in [-0.25, -0.2) is 0 Å². The molecule has 0 aliphatic carbocycles. The summed E-state index contributed by atoms with van der Waals surface area (Å²) in [6.07, 6.45) is 8.17. The minimum atomic E-state index is -0.352. The van der Waals surface area contributed by atoms with Crippen LogP contribution in [0.3, 0.4) is 0 Å². The van der Waals surface area contributed by atoms with Gasteiger partial charge in [0.25, 0.3) is 0 Å². The number of methoxy groups -OCH3 is 1. The first kappa shape index (κ1) is 21.8. The topological polar surface area (TPSA) is 76.0 Å². The van der Waals surface area contributed by atoms with Crippen molar-refractivity contribution in [1.82, 2.24) is 0 Å². The third-order valence-corrected chi connectivity index (χ3v) is 4.16. The third-order valence-electron chi connectivity index (χ3n) is 4.16. The Morgan fingerprint density at radius 1 is 1.03 bits per heavy atom. The SMILES string of the molecule is CCC(C)Oc1ccc(/C=C/C(O)=C/C(=O)/C=C/c2ccc(O)cc2)cc1OC. The Hall–Kier alpha value is -3.47. The first-order valence-electron chi connectivity index (χ1n) is 9.35. The van der Waals surface area contributed by atoms with Crippen LogP contribution < -0.4 is 9.47 Å². The summed E-state index contributed by atoms with van der Waals surface area (Å²) < 4.78 is 11.2. The molecular weight excluding hydrogens is 368 g/mol. The monoisotopic (exact) mass is 394 g/mol. The van der Waals surface area contributed by atoms with E-state index >= 15 is 0 Å². The van der Waals surface area contributed by atoms with Gasteiger partial charge in [-0.2, -0.15) is 0 Å². The fourth-order valence-electron chi connectivity index (χ4n) is 2.37. The van der Waals surface area contributed by atoms with Gasteiger partial charge in [-0.3, -0.25) is 4.79 Å². The summed E-state index contributed by atoms with van der Waals surface area (Å²) in [5, 5.41) is 19.2. The third kappa shape index (κ3) is 7.22. The number of hydrogen-bond donors (Lipinski definition) is 2. The molecule has 2 aromatic rings. The lowest BCUT2D eigenvalue weighted by molar-refractivity contribution is -0.110. The van der Waals surface area contributed by atoms with Gasteiger partial charge in [0.05, 0.1) is 13.2 Å². The number of benzene rings is 2. The second kappa shape index (κ2) is 10.8. The number of aromatic hydroxyl groups is 1. The molecule has 0 heterocycles. The maximum atomic E-state index is 11.9. The van der Waals surface area contributed by atoms with Crippen LogP contribution in [0.2, 0.25) is 0 Å². The molecule has 0 saturated heterocycles. The van der Waals surface area contributed by atoms with Crippen molar-refractivity contribution in [2.75, 3.05) is 7.11 Å². The van der Waals surface area contributed by atoms with E-state index < -0.39 is 0 Å². The molecule has 0 aromatic heterocycles. The Labute approximate surface area is 171 Å². The van der Waals surface area contributed by atoms with Gasteiger partial charge < -0.3 is 19.7 Å². The number of hydrogen-bond acceptors (Lipinski definition) is 5. The van der Waals surface area contributed by atoms with Gasteiger partial charge in [0.2, 0.25) is 0 Å². The van der Waals surface area contributed by atoms with Crippen molar-refractivity contribution in [3.05, 3.63) is 77.6 Å². The Bertz CT molecular complexity index is 907. The number of carbonyl (C=O) groups excluding carboxylic acids is 1. The number of allylic oxidation sites excluding steroid dienone is 3. The summed E-state index contributed by atoms with van der Waals surface area (Å²) >= 11 is 0. The van der Waals surface area contributed by atoms with Crippen LogP contribution in [0.1, 0.15) is 31.4 Å². The van der Waals surface area contributed by atoms with E-state index in [0.29, 0.717) is 11.5 Å². The van der Waals surface area contributed by atoms with Crippen molar-refractivity contribution in [3.8, 4) is 17.2 Å². The largest absolute Gasteiger partial charge is 0.508 e. The van der Waals surface area contributed by atoms with E-state index in [4.69, 9.17) is 9.47 Å². The van der Waals surface area contributed by atoms with Crippen molar-refractivity contribution in [2.24, 2.45) is 0 Å². The fraction of sp³-hybridized carbons (Fsp3) is 0.208. The van der Waals surface area contributed by atoms with Crippen LogP contribution in [0, 0.1) is 0 Å². The standard InChI is InChI=1S/C24H26O5/c1-4-17(2)29-23-14-9-19(15-24(23)28-3)8-13-22(27)16-21(26)12-7-18-5-10-20(25)11-6-18/h5-17,25,27H,4H2,1-3H3/b12-7+,13-8+,22-16-. The number of ether oxygens (including phenoxy) is 2. The smallest absolute Gasteiger partial charge is 0.182 e. The summed E-state index contributed by atoms with van der Waals surface area (Å²) in [7, 11) is 1.57. The lowest BCUT2D eigenvalue weighted by Crippen LogP contribution is -2.10. The zero-order valence-corrected chi connectivity index (χ0v) is 16.8. The number of phenolic OH excluding ortho intramolecular Hbond substituents is 1. The quantitative estimate of drug-likeness (QED) is 0.342. The maximum absolute atomic E-state index is 11.9. The highest BCUT2D eigenvalue weighted by Crippen LogP contribution is 2.29. The van der Waals surface area contributed by atoms with Gasteiger partial charge in [-0.1, -0.05) is 37.3 Å². The van der Waals surface area contributed by atoms with Gasteiger partial charge in [0.15, 0.2) is 17.3 Å². The second-order valence-electron chi connectivity index (χ2n) is 6.48. The van der Waals surface area contributed by atoms with Crippen LogP contribution in [0.25, 0.3) is 12.2 Å². The van der Waals surface area contributed by atoms with Gasteiger partial charge in [-0.15, -0.1) is 0 Å². The van der Waals surface area contributed by atoms with Crippen LogP contribution in [-0.4, -0.2) is 29.2 Å². The molecule has 0 fully saturated rings. The average molecular weight is 394 g/mol. The molecule has 152 valence electrons. The molecule has 0 aliphatic rings. The molecular formula is C24H26O5. The lowest BCUT2D eigenvalue weighted by Gasteiger charge is -2.15. The minimum Gasteiger partial charge on any atom is -0.508 e. The highest BCUT2D eigenvalue weighted by molar-refractivity contribution is 6.02. The molecule has 29 heavy (non-hydrogen) atoms. The normalized spacial score (nSPS) is 13.0. The van der Waals surface area contributed by atoms with Gasteiger partial charge in [0.1, 0.15) is 11.5 Å². The Kier molecular flexibility index (Phi) is 8.10. The summed E-state index contributed by atoms with van der Waals surface area (Å²) in [5.41, 5.74) is 1.57. The van der Waals surface area contributed by atoms with E-state index in [-0.39, 0.29) is 23.4 Å². The molecule has 0 amide bonds. The summed E-state index contributed by atoms with van der Waals surface area (Å²) in [5.74, 6) is 0.906. The van der Waals surface area contributed by atoms with E-state index in [2.05, 4.69) is 0 Å². The van der Waals surface area contributed by atoms with Crippen LogP contribution in [0.4, 0.5) is 0 Å². The van der Waals surface area contributed by atoms with E-state index in [9.17, 15) is 15.0 Å². The van der Waals surface area contributed by atoms with Crippen molar-refractivity contribution >= 4 is 17.9 Å². The lowest BCUT2D eigenvalue weighted by atomic mass is 10.1. The van der Waals surface area contributed by atoms with E-state index in [1.54, 1.807) is 37.5 Å². The molecule has 2 rings (SSSR count). The van der Waals surface area contributed by atoms with Gasteiger partial charge >= 0.3 is 0 Å². The second-order valence-corrected chi connectivity index (χ2v) is 6.48. The number of ketones is 1. The van der Waals surface area contributed by atoms with E-state index in [0.717, 1.165) is 23.6 Å². The number of carbonyl (C=O) groups is 1. The molecule has 0 bridgehead atoms. The van der Waals surface area contributed by atoms with Crippen LogP contribution in [0.5, 0.6) is 17.2 Å². The zero-order chi connectivity index (χ0) is 21.2. The summed E-state index contributed by atoms with van der Waals surface area (Å²) in [6.45, 7) is 4.04. The Balaban J connectivity index is 2.03. The van der Waals surface area contributed by atoms with E-state index in [1.165, 1.54) is 24.3 Å². The van der Waals surface area contributed by atoms with Gasteiger partial charge in [0, 0.05) is 6.08 Å². The predicted octanol–water partition coefficient (Wildman–Crippen LogP) is 5.32. The molecule has 0 spiro atoms. The number of phenols is 1. The predicted molar refractivity (Wildman–Crippen MR) is 115 cm³/mol. The van der Waals surface area contributed by atoms with Crippen molar-refractivity contribution in [2.45, 2.75) is 26.4 Å². The molecule has 2 N–H and O–H groups in total. The Morgan fingerprint density at radius 3 is 2.34 bits per heavy atom. The van der Waals surface area contributed by atoms with Gasteiger partial charge in [-0.05, 0) is 60.9 Å². The van der Waals surface area contributed by atoms with Crippen LogP contribution >= 0.6 is 0 Å². The molecule has 2 aromatic carbocycles. The highest BCUT2D eigenvalue weighted by Gasteiger charge is 2.08. The minimum absolute atomic E-state index is 0.0814. The number of rotatable bonds is 9. The molecule has 5 nitrogen and oxygen atoms in total. The first-order valence-corrected chi connectivity index (χ1v) is 9.35. The van der Waals surface area contributed by atoms with Crippen molar-refractivity contribution < 1.29 is 24.5 Å². The zero-order valence-electron chi connectivity index (χ0n) is 16.8. The van der Waals surface area contributed by atoms with E-state index in [1.807, 2.05) is 26.0 Å². The molecule has 1 atom stereocenters. The van der Waals surface area contributed by atoms with Crippen LogP contribution in [0.15, 0.2) is 66.5 Å².